The highest BCUT2D eigenvalue weighted by Gasteiger charge is 2.18. The van der Waals surface area contributed by atoms with E-state index in [1.165, 1.54) is 11.3 Å². The van der Waals surface area contributed by atoms with Crippen LogP contribution in [0, 0.1) is 0 Å². The molecule has 142 valence electrons. The Bertz CT molecular complexity index is 917. The zero-order chi connectivity index (χ0) is 19.2. The van der Waals surface area contributed by atoms with Crippen LogP contribution in [-0.4, -0.2) is 50.1 Å². The van der Waals surface area contributed by atoms with Crippen molar-refractivity contribution in [1.29, 1.82) is 0 Å². The largest absolute Gasteiger partial charge is 0.497 e. The molecule has 27 heavy (non-hydrogen) atoms. The molecule has 7 heteroatoms. The summed E-state index contributed by atoms with van der Waals surface area (Å²) in [5, 5.41) is 2.72. The quantitative estimate of drug-likeness (QED) is 0.526. The Morgan fingerprint density at radius 2 is 2.11 bits per heavy atom. The van der Waals surface area contributed by atoms with Gasteiger partial charge in [-0.2, -0.15) is 0 Å². The smallest absolute Gasteiger partial charge is 0.252 e. The Labute approximate surface area is 167 Å². The minimum absolute atomic E-state index is 0.0480. The molecule has 0 radical (unpaired) electrons. The number of carbonyl (C=O) groups excluding carboxylic acids is 1. The fourth-order valence-electron chi connectivity index (χ4n) is 2.61. The first-order valence-corrected chi connectivity index (χ1v) is 10.4. The van der Waals surface area contributed by atoms with Gasteiger partial charge in [-0.3, -0.25) is 9.69 Å². The highest BCUT2D eigenvalue weighted by Crippen LogP contribution is 2.31. The van der Waals surface area contributed by atoms with Crippen LogP contribution in [0.1, 0.15) is 11.3 Å². The first-order valence-electron chi connectivity index (χ1n) is 8.69. The molecule has 1 aromatic carbocycles. The number of ether oxygens (including phenoxy) is 1. The van der Waals surface area contributed by atoms with E-state index in [0.717, 1.165) is 38.9 Å². The van der Waals surface area contributed by atoms with Gasteiger partial charge >= 0.3 is 0 Å². The van der Waals surface area contributed by atoms with Crippen molar-refractivity contribution >= 4 is 50.0 Å². The molecule has 2 heterocycles. The fourth-order valence-corrected chi connectivity index (χ4v) is 4.21. The molecule has 0 saturated carbocycles. The van der Waals surface area contributed by atoms with E-state index in [4.69, 9.17) is 4.74 Å². The number of thiophene rings is 1. The number of nitrogens with zero attached hydrogens (tertiary/aromatic N) is 3. The van der Waals surface area contributed by atoms with Crippen LogP contribution in [0.15, 0.2) is 41.8 Å². The van der Waals surface area contributed by atoms with Crippen LogP contribution in [-0.2, 0) is 4.79 Å². The molecule has 0 bridgehead atoms. The van der Waals surface area contributed by atoms with Crippen LogP contribution < -0.4 is 9.64 Å². The Balaban J connectivity index is 1.85. The van der Waals surface area contributed by atoms with Crippen LogP contribution in [0.25, 0.3) is 16.3 Å². The summed E-state index contributed by atoms with van der Waals surface area (Å²) in [7, 11) is 5.71. The molecule has 1 amide bonds. The number of thiazole rings is 1. The summed E-state index contributed by atoms with van der Waals surface area (Å²) < 4.78 is 6.32. The van der Waals surface area contributed by atoms with Crippen LogP contribution in [0.5, 0.6) is 5.75 Å². The number of carbonyl (C=O) groups is 1. The fraction of sp³-hybridized carbons (Fsp3) is 0.300. The lowest BCUT2D eigenvalue weighted by Gasteiger charge is -2.19. The highest BCUT2D eigenvalue weighted by atomic mass is 32.1. The van der Waals surface area contributed by atoms with E-state index in [9.17, 15) is 4.79 Å². The predicted octanol–water partition coefficient (Wildman–Crippen LogP) is 4.36. The lowest BCUT2D eigenvalue weighted by Crippen LogP contribution is -2.32. The summed E-state index contributed by atoms with van der Waals surface area (Å²) in [6.07, 6.45) is 4.38. The van der Waals surface area contributed by atoms with Gasteiger partial charge in [-0.1, -0.05) is 17.4 Å². The number of amides is 1. The average Bonchev–Trinajstić information content (AvgIpc) is 3.31. The first-order chi connectivity index (χ1) is 13.1. The van der Waals surface area contributed by atoms with Crippen molar-refractivity contribution in [3.8, 4) is 5.75 Å². The highest BCUT2D eigenvalue weighted by molar-refractivity contribution is 7.22. The number of benzene rings is 1. The van der Waals surface area contributed by atoms with E-state index in [2.05, 4.69) is 9.88 Å². The van der Waals surface area contributed by atoms with Gasteiger partial charge in [0.25, 0.3) is 5.91 Å². The minimum atomic E-state index is -0.0480. The zero-order valence-corrected chi connectivity index (χ0v) is 17.3. The number of aromatic nitrogens is 1. The van der Waals surface area contributed by atoms with Crippen molar-refractivity contribution in [2.45, 2.75) is 6.42 Å². The molecular formula is C20H23N3O2S2. The van der Waals surface area contributed by atoms with Crippen molar-refractivity contribution in [1.82, 2.24) is 9.88 Å². The first kappa shape index (κ1) is 19.5. The molecule has 0 aliphatic rings. The number of hydrogen-bond donors (Lipinski definition) is 0. The summed E-state index contributed by atoms with van der Waals surface area (Å²) in [6, 6.07) is 9.77. The summed E-state index contributed by atoms with van der Waals surface area (Å²) >= 11 is 3.14. The minimum Gasteiger partial charge on any atom is -0.497 e. The SMILES string of the molecule is COc1ccc2sc(N(CCCN(C)C)C(=O)/C=C/c3cccs3)nc2c1. The third-order valence-corrected chi connectivity index (χ3v) is 5.90. The third-order valence-electron chi connectivity index (χ3n) is 4.00. The van der Waals surface area contributed by atoms with E-state index >= 15 is 0 Å². The second-order valence-corrected chi connectivity index (χ2v) is 8.31. The van der Waals surface area contributed by atoms with E-state index in [1.54, 1.807) is 29.4 Å². The van der Waals surface area contributed by atoms with E-state index in [-0.39, 0.29) is 5.91 Å². The molecule has 5 nitrogen and oxygen atoms in total. The van der Waals surface area contributed by atoms with Gasteiger partial charge in [0, 0.05) is 23.6 Å². The molecule has 0 spiro atoms. The Morgan fingerprint density at radius 3 is 2.81 bits per heavy atom. The normalized spacial score (nSPS) is 11.6. The number of fused-ring (bicyclic) bond motifs is 1. The van der Waals surface area contributed by atoms with Crippen molar-refractivity contribution in [3.63, 3.8) is 0 Å². The molecule has 3 rings (SSSR count). The average molecular weight is 402 g/mol. The lowest BCUT2D eigenvalue weighted by molar-refractivity contribution is -0.114. The molecule has 0 fully saturated rings. The summed E-state index contributed by atoms with van der Waals surface area (Å²) in [5.74, 6) is 0.718. The van der Waals surface area contributed by atoms with Gasteiger partial charge in [-0.15, -0.1) is 11.3 Å². The topological polar surface area (TPSA) is 45.7 Å². The number of hydrogen-bond acceptors (Lipinski definition) is 6. The van der Waals surface area contributed by atoms with Crippen LogP contribution in [0.4, 0.5) is 5.13 Å². The van der Waals surface area contributed by atoms with Gasteiger partial charge in [-0.05, 0) is 56.7 Å². The number of methoxy groups -OCH3 is 1. The summed E-state index contributed by atoms with van der Waals surface area (Å²) in [5.41, 5.74) is 0.849. The van der Waals surface area contributed by atoms with Crippen molar-refractivity contribution < 1.29 is 9.53 Å². The second kappa shape index (κ2) is 9.12. The van der Waals surface area contributed by atoms with Gasteiger partial charge in [0.2, 0.25) is 0 Å². The van der Waals surface area contributed by atoms with Crippen LogP contribution >= 0.6 is 22.7 Å². The van der Waals surface area contributed by atoms with Crippen molar-refractivity contribution in [3.05, 3.63) is 46.7 Å². The zero-order valence-electron chi connectivity index (χ0n) is 15.7. The molecule has 3 aromatic rings. The van der Waals surface area contributed by atoms with Gasteiger partial charge < -0.3 is 9.64 Å². The monoisotopic (exact) mass is 401 g/mol. The van der Waals surface area contributed by atoms with Gasteiger partial charge in [0.15, 0.2) is 5.13 Å². The molecular weight excluding hydrogens is 378 g/mol. The number of rotatable bonds is 8. The molecule has 0 aliphatic heterocycles. The Hall–Kier alpha value is -2.22. The van der Waals surface area contributed by atoms with Crippen LogP contribution in [0.2, 0.25) is 0 Å². The lowest BCUT2D eigenvalue weighted by atomic mass is 10.3. The molecule has 0 aliphatic carbocycles. The predicted molar refractivity (Wildman–Crippen MR) is 115 cm³/mol. The molecule has 0 unspecified atom stereocenters. The molecule has 2 aromatic heterocycles. The van der Waals surface area contributed by atoms with Crippen LogP contribution in [0.3, 0.4) is 0 Å². The number of anilines is 1. The van der Waals surface area contributed by atoms with Gasteiger partial charge in [0.1, 0.15) is 5.75 Å². The van der Waals surface area contributed by atoms with E-state index in [1.807, 2.05) is 55.9 Å². The Kier molecular flexibility index (Phi) is 6.60. The summed E-state index contributed by atoms with van der Waals surface area (Å²) in [4.78, 5) is 22.5. The Morgan fingerprint density at radius 1 is 1.26 bits per heavy atom. The second-order valence-electron chi connectivity index (χ2n) is 6.33. The molecule has 0 atom stereocenters. The van der Waals surface area contributed by atoms with E-state index < -0.39 is 0 Å². The maximum absolute atomic E-state index is 12.9. The van der Waals surface area contributed by atoms with Gasteiger partial charge in [0.05, 0.1) is 17.3 Å². The van der Waals surface area contributed by atoms with Gasteiger partial charge in [-0.25, -0.2) is 4.98 Å². The summed E-state index contributed by atoms with van der Waals surface area (Å²) in [6.45, 7) is 1.54. The third kappa shape index (κ3) is 5.15. The maximum atomic E-state index is 12.9. The van der Waals surface area contributed by atoms with Crippen molar-refractivity contribution in [2.24, 2.45) is 0 Å². The molecule has 0 saturated heterocycles. The van der Waals surface area contributed by atoms with E-state index in [0.29, 0.717) is 6.54 Å². The maximum Gasteiger partial charge on any atom is 0.252 e. The molecule has 0 N–H and O–H groups in total. The van der Waals surface area contributed by atoms with Crippen molar-refractivity contribution in [2.75, 3.05) is 39.2 Å². The standard InChI is InChI=1S/C20H23N3O2S2/c1-22(2)11-5-12-23(19(24)10-8-16-6-4-13-26-16)20-21-17-14-15(25-3)7-9-18(17)27-20/h4,6-10,13-14H,5,11-12H2,1-3H3/b10-8+.